The van der Waals surface area contributed by atoms with E-state index in [9.17, 15) is 0 Å². The summed E-state index contributed by atoms with van der Waals surface area (Å²) in [6, 6.07) is 7.16. The van der Waals surface area contributed by atoms with Gasteiger partial charge in [-0.1, -0.05) is 29.3 Å². The minimum Gasteiger partial charge on any atom is -0.411 e. The Hall–Kier alpha value is -1.73. The average molecular weight is 567 g/mol. The van der Waals surface area contributed by atoms with Crippen LogP contribution in [-0.2, 0) is 0 Å². The van der Waals surface area contributed by atoms with E-state index in [1.165, 1.54) is 6.21 Å². The van der Waals surface area contributed by atoms with E-state index in [-0.39, 0.29) is 12.6 Å². The molecular weight excluding hydrogens is 556 g/mol. The molecule has 2 aromatic carbocycles. The van der Waals surface area contributed by atoms with Gasteiger partial charge >= 0.3 is 0 Å². The van der Waals surface area contributed by atoms with Crippen LogP contribution in [0.2, 0.25) is 0 Å². The van der Waals surface area contributed by atoms with Gasteiger partial charge in [0, 0.05) is 20.1 Å². The van der Waals surface area contributed by atoms with E-state index in [4.69, 9.17) is 22.0 Å². The number of aromatic nitrogens is 4. The van der Waals surface area contributed by atoms with E-state index in [0.717, 1.165) is 49.0 Å². The fraction of sp³-hybridized carbons (Fsp3) is 0.0667. The zero-order chi connectivity index (χ0) is 19.4. The Bertz CT molecular complexity index is 1160. The topological polar surface area (TPSA) is 117 Å². The van der Waals surface area contributed by atoms with Crippen LogP contribution in [0.15, 0.2) is 43.5 Å². The van der Waals surface area contributed by atoms with Crippen LogP contribution in [0.3, 0.4) is 0 Å². The summed E-state index contributed by atoms with van der Waals surface area (Å²) in [7, 11) is 0. The van der Waals surface area contributed by atoms with Gasteiger partial charge in [0.05, 0.1) is 29.7 Å². The highest BCUT2D eigenvalue weighted by Gasteiger charge is 2.12. The van der Waals surface area contributed by atoms with Crippen molar-refractivity contribution in [3.63, 3.8) is 0 Å². The predicted octanol–water partition coefficient (Wildman–Crippen LogP) is 5.73. The number of halogens is 3. The van der Waals surface area contributed by atoms with Crippen LogP contribution >= 0.6 is 66.9 Å². The first-order chi connectivity index (χ1) is 13.1. The highest BCUT2D eigenvalue weighted by atomic mass is 79.9. The van der Waals surface area contributed by atoms with Crippen molar-refractivity contribution in [3.05, 3.63) is 44.3 Å². The molecule has 2 aromatic heterocycles. The lowest BCUT2D eigenvalue weighted by molar-refractivity contribution is 0.321. The maximum absolute atomic E-state index is 8.55. The van der Waals surface area contributed by atoms with E-state index < -0.39 is 0 Å². The molecule has 28 heavy (non-hydrogen) atoms. The van der Waals surface area contributed by atoms with Gasteiger partial charge < -0.3 is 10.4 Å². The van der Waals surface area contributed by atoms with Gasteiger partial charge in [-0.05, 0) is 56.1 Å². The third-order valence-corrected chi connectivity index (χ3v) is 5.89. The van der Waals surface area contributed by atoms with E-state index in [1.807, 2.05) is 12.1 Å². The first-order valence-electron chi connectivity index (χ1n) is 6.93. The molecule has 2 N–H and O–H groups in total. The molecule has 4 rings (SSSR count). The summed E-state index contributed by atoms with van der Waals surface area (Å²) >= 11 is 14.6. The summed E-state index contributed by atoms with van der Waals surface area (Å²) < 4.78 is 18.1. The molecule has 8 nitrogen and oxygen atoms in total. The van der Waals surface area contributed by atoms with Crippen molar-refractivity contribution in [1.29, 1.82) is 0 Å². The number of nitrogens with zero attached hydrogens (tertiary/aromatic N) is 6. The zero-order valence-electron chi connectivity index (χ0n) is 12.9. The van der Waals surface area contributed by atoms with E-state index in [1.54, 1.807) is 12.1 Å². The van der Waals surface area contributed by atoms with Gasteiger partial charge in [-0.2, -0.15) is 17.5 Å². The second-order valence-electron chi connectivity index (χ2n) is 4.79. The van der Waals surface area contributed by atoms with E-state index >= 15 is 0 Å². The van der Waals surface area contributed by atoms with Gasteiger partial charge in [0.15, 0.2) is 5.17 Å². The van der Waals surface area contributed by atoms with Crippen molar-refractivity contribution in [3.8, 4) is 0 Å². The predicted molar refractivity (Wildman–Crippen MR) is 121 cm³/mol. The first kappa shape index (κ1) is 22.6. The Morgan fingerprint density at radius 3 is 2.04 bits per heavy atom. The monoisotopic (exact) mass is 564 g/mol. The van der Waals surface area contributed by atoms with Gasteiger partial charge in [0.25, 0.3) is 0 Å². The largest absolute Gasteiger partial charge is 0.411 e. The second kappa shape index (κ2) is 10.2. The van der Waals surface area contributed by atoms with Crippen LogP contribution in [0.25, 0.3) is 22.1 Å². The van der Waals surface area contributed by atoms with Gasteiger partial charge in [0.2, 0.25) is 0 Å². The lowest BCUT2D eigenvalue weighted by Gasteiger charge is -1.98. The molecule has 0 aliphatic rings. The molecule has 0 amide bonds. The Kier molecular flexibility index (Phi) is 8.19. The van der Waals surface area contributed by atoms with Crippen molar-refractivity contribution in [1.82, 2.24) is 17.5 Å². The Labute approximate surface area is 189 Å². The molecule has 0 fully saturated rings. The van der Waals surface area contributed by atoms with Gasteiger partial charge in [-0.3, -0.25) is 0 Å². The number of oxime groups is 2. The summed E-state index contributed by atoms with van der Waals surface area (Å²) in [4.78, 5) is 0. The molecule has 0 saturated carbocycles. The Balaban J connectivity index is 0.000000194. The highest BCUT2D eigenvalue weighted by molar-refractivity contribution is 9.11. The van der Waals surface area contributed by atoms with Crippen molar-refractivity contribution in [2.75, 3.05) is 0 Å². The number of rotatable bonds is 2. The van der Waals surface area contributed by atoms with E-state index in [0.29, 0.717) is 16.6 Å². The molecule has 0 spiro atoms. The van der Waals surface area contributed by atoms with Gasteiger partial charge in [0.1, 0.15) is 22.1 Å². The number of hydrogen-bond donors (Lipinski definition) is 2. The van der Waals surface area contributed by atoms with Crippen molar-refractivity contribution in [2.24, 2.45) is 10.3 Å². The van der Waals surface area contributed by atoms with Crippen molar-refractivity contribution in [2.45, 2.75) is 7.43 Å². The highest BCUT2D eigenvalue weighted by Crippen LogP contribution is 2.26. The van der Waals surface area contributed by atoms with Gasteiger partial charge in [-0.25, -0.2) is 0 Å². The molecule has 0 saturated heterocycles. The van der Waals surface area contributed by atoms with Crippen LogP contribution in [0.5, 0.6) is 0 Å². The quantitative estimate of drug-likeness (QED) is 0.182. The third-order valence-electron chi connectivity index (χ3n) is 3.27. The molecule has 0 atom stereocenters. The summed E-state index contributed by atoms with van der Waals surface area (Å²) in [5.41, 5.74) is 4.22. The Morgan fingerprint density at radius 1 is 0.893 bits per heavy atom. The second-order valence-corrected chi connectivity index (χ2v) is 7.91. The van der Waals surface area contributed by atoms with E-state index in [2.05, 4.69) is 59.7 Å². The fourth-order valence-electron chi connectivity index (χ4n) is 2.08. The summed E-state index contributed by atoms with van der Waals surface area (Å²) in [5.74, 6) is 0. The molecule has 4 aromatic rings. The smallest absolute Gasteiger partial charge is 0.177 e. The minimum absolute atomic E-state index is 0. The number of hydrogen-bond acceptors (Lipinski definition) is 10. The summed E-state index contributed by atoms with van der Waals surface area (Å²) in [5, 5.41) is 22.8. The lowest BCUT2D eigenvalue weighted by atomic mass is 10.2. The summed E-state index contributed by atoms with van der Waals surface area (Å²) in [6.07, 6.45) is 1.34. The third kappa shape index (κ3) is 4.63. The number of fused-ring (bicyclic) bond motifs is 2. The molecule has 0 aliphatic carbocycles. The molecule has 0 radical (unpaired) electrons. The minimum atomic E-state index is 0. The SMILES string of the molecule is C.O/N=C(\Cl)c1ccc(Br)c2nsnc12.O/N=C/c1ccc(Br)c2nsnc12. The molecule has 0 aliphatic heterocycles. The van der Waals surface area contributed by atoms with Crippen molar-refractivity contribution < 1.29 is 10.4 Å². The maximum Gasteiger partial charge on any atom is 0.177 e. The standard InChI is InChI=1S/C7H3BrClN3OS.C7H4BrN3OS.CH4/c8-4-2-1-3(7(9)10-13)5-6(4)12-14-11-5;8-5-2-1-4(3-9-12)6-7(5)11-13-10-6;/h1-2,13H;1-3,12H;1H4/b10-7-;9-3+;. The molecule has 0 unspecified atom stereocenters. The lowest BCUT2D eigenvalue weighted by Crippen LogP contribution is -1.92. The first-order valence-corrected chi connectivity index (χ1v) is 10.4. The normalized spacial score (nSPS) is 11.5. The molecule has 146 valence electrons. The molecular formula is C15H11Br2ClN6O2S2. The fourth-order valence-corrected chi connectivity index (χ4v) is 4.44. The Morgan fingerprint density at radius 2 is 1.43 bits per heavy atom. The molecule has 13 heteroatoms. The molecule has 0 bridgehead atoms. The zero-order valence-corrected chi connectivity index (χ0v) is 18.5. The van der Waals surface area contributed by atoms with Crippen molar-refractivity contribution >= 4 is 100 Å². The van der Waals surface area contributed by atoms with Crippen LogP contribution in [-0.4, -0.2) is 39.3 Å². The molecule has 2 heterocycles. The van der Waals surface area contributed by atoms with Crippen LogP contribution in [0.1, 0.15) is 18.6 Å². The van der Waals surface area contributed by atoms with Gasteiger partial charge in [-0.15, -0.1) is 0 Å². The number of benzene rings is 2. The van der Waals surface area contributed by atoms with Crippen LogP contribution < -0.4 is 0 Å². The van der Waals surface area contributed by atoms with Crippen LogP contribution in [0.4, 0.5) is 0 Å². The average Bonchev–Trinajstić information content (AvgIpc) is 3.35. The maximum atomic E-state index is 8.55. The van der Waals surface area contributed by atoms with Crippen LogP contribution in [0, 0.1) is 0 Å². The summed E-state index contributed by atoms with van der Waals surface area (Å²) in [6.45, 7) is 0.